The quantitative estimate of drug-likeness (QED) is 0.416. The maximum atomic E-state index is 12.3. The van der Waals surface area contributed by atoms with Crippen LogP contribution in [0.4, 0.5) is 11.4 Å². The first kappa shape index (κ1) is 17.6. The Labute approximate surface area is 153 Å². The standard InChI is InChI=1S/C18H14N4O3S/c1-26-16-8-7-13(9-15(16)22(24)25)18(23)21-14-10-19-17(20-11-14)12-5-3-2-4-6-12/h2-11H,1H3,(H,21,23). The van der Waals surface area contributed by atoms with E-state index in [0.29, 0.717) is 16.4 Å². The van der Waals surface area contributed by atoms with Gasteiger partial charge in [0.05, 0.1) is 27.9 Å². The molecule has 3 rings (SSSR count). The number of rotatable bonds is 5. The van der Waals surface area contributed by atoms with Gasteiger partial charge in [0, 0.05) is 17.2 Å². The summed E-state index contributed by atoms with van der Waals surface area (Å²) in [6.07, 6.45) is 4.74. The van der Waals surface area contributed by atoms with Crippen LogP contribution in [-0.2, 0) is 0 Å². The summed E-state index contributed by atoms with van der Waals surface area (Å²) < 4.78 is 0. The van der Waals surface area contributed by atoms with Crippen LogP contribution in [0.25, 0.3) is 11.4 Å². The van der Waals surface area contributed by atoms with Crippen molar-refractivity contribution in [2.45, 2.75) is 4.90 Å². The van der Waals surface area contributed by atoms with Gasteiger partial charge in [-0.3, -0.25) is 14.9 Å². The van der Waals surface area contributed by atoms with Crippen molar-refractivity contribution in [1.29, 1.82) is 0 Å². The minimum Gasteiger partial charge on any atom is -0.319 e. The van der Waals surface area contributed by atoms with E-state index < -0.39 is 10.8 Å². The third kappa shape index (κ3) is 3.86. The van der Waals surface area contributed by atoms with Crippen LogP contribution in [0.1, 0.15) is 10.4 Å². The number of carbonyl (C=O) groups is 1. The van der Waals surface area contributed by atoms with Crippen LogP contribution in [0.15, 0.2) is 65.8 Å². The van der Waals surface area contributed by atoms with E-state index in [1.165, 1.54) is 30.2 Å². The number of nitro groups is 1. The largest absolute Gasteiger partial charge is 0.319 e. The van der Waals surface area contributed by atoms with Crippen LogP contribution >= 0.6 is 11.8 Å². The van der Waals surface area contributed by atoms with E-state index in [4.69, 9.17) is 0 Å². The molecule has 1 aromatic heterocycles. The highest BCUT2D eigenvalue weighted by atomic mass is 32.2. The molecule has 130 valence electrons. The SMILES string of the molecule is CSc1ccc(C(=O)Nc2cnc(-c3ccccc3)nc2)cc1[N+](=O)[O-]. The molecule has 1 amide bonds. The molecule has 26 heavy (non-hydrogen) atoms. The number of amides is 1. The van der Waals surface area contributed by atoms with Gasteiger partial charge < -0.3 is 5.32 Å². The van der Waals surface area contributed by atoms with Crippen molar-refractivity contribution in [3.8, 4) is 11.4 Å². The third-order valence-corrected chi connectivity index (χ3v) is 4.36. The maximum Gasteiger partial charge on any atom is 0.283 e. The Kier molecular flexibility index (Phi) is 5.23. The molecule has 0 aliphatic carbocycles. The lowest BCUT2D eigenvalue weighted by Crippen LogP contribution is -2.13. The monoisotopic (exact) mass is 366 g/mol. The molecule has 3 aromatic rings. The zero-order chi connectivity index (χ0) is 18.5. The van der Waals surface area contributed by atoms with Crippen molar-refractivity contribution in [2.75, 3.05) is 11.6 Å². The minimum atomic E-state index is -0.500. The van der Waals surface area contributed by atoms with Crippen LogP contribution < -0.4 is 5.32 Å². The van der Waals surface area contributed by atoms with E-state index in [1.54, 1.807) is 18.4 Å². The van der Waals surface area contributed by atoms with Crippen LogP contribution in [0, 0.1) is 10.1 Å². The lowest BCUT2D eigenvalue weighted by atomic mass is 10.2. The van der Waals surface area contributed by atoms with Gasteiger partial charge >= 0.3 is 0 Å². The van der Waals surface area contributed by atoms with Gasteiger partial charge in [-0.15, -0.1) is 11.8 Å². The van der Waals surface area contributed by atoms with Gasteiger partial charge in [0.2, 0.25) is 0 Å². The molecule has 0 unspecified atom stereocenters. The van der Waals surface area contributed by atoms with Gasteiger partial charge in [-0.05, 0) is 18.4 Å². The van der Waals surface area contributed by atoms with Gasteiger partial charge in [-0.2, -0.15) is 0 Å². The molecule has 0 aliphatic heterocycles. The predicted octanol–water partition coefficient (Wildman–Crippen LogP) is 4.03. The zero-order valence-corrected chi connectivity index (χ0v) is 14.6. The molecule has 0 aliphatic rings. The highest BCUT2D eigenvalue weighted by Gasteiger charge is 2.17. The van der Waals surface area contributed by atoms with E-state index in [1.807, 2.05) is 30.3 Å². The first-order valence-electron chi connectivity index (χ1n) is 7.59. The summed E-state index contributed by atoms with van der Waals surface area (Å²) in [5, 5.41) is 13.8. The van der Waals surface area contributed by atoms with Crippen LogP contribution in [-0.4, -0.2) is 27.1 Å². The first-order valence-corrected chi connectivity index (χ1v) is 8.82. The number of nitro benzene ring substituents is 1. The molecular weight excluding hydrogens is 352 g/mol. The van der Waals surface area contributed by atoms with Crippen molar-refractivity contribution in [3.63, 3.8) is 0 Å². The van der Waals surface area contributed by atoms with E-state index in [0.717, 1.165) is 5.56 Å². The molecule has 1 N–H and O–H groups in total. The number of benzene rings is 2. The lowest BCUT2D eigenvalue weighted by molar-refractivity contribution is -0.387. The summed E-state index contributed by atoms with van der Waals surface area (Å²) in [5.41, 5.74) is 1.38. The molecule has 1 heterocycles. The number of hydrogen-bond donors (Lipinski definition) is 1. The van der Waals surface area contributed by atoms with Crippen molar-refractivity contribution >= 4 is 29.0 Å². The number of thioether (sulfide) groups is 1. The Balaban J connectivity index is 1.78. The van der Waals surface area contributed by atoms with Gasteiger partial charge in [0.15, 0.2) is 5.82 Å². The third-order valence-electron chi connectivity index (χ3n) is 3.58. The lowest BCUT2D eigenvalue weighted by Gasteiger charge is -2.07. The summed E-state index contributed by atoms with van der Waals surface area (Å²) in [7, 11) is 0. The molecule has 0 spiro atoms. The number of carbonyl (C=O) groups excluding carboxylic acids is 1. The van der Waals surface area contributed by atoms with Gasteiger partial charge in [-0.25, -0.2) is 9.97 Å². The number of nitrogens with one attached hydrogen (secondary N) is 1. The van der Waals surface area contributed by atoms with Crippen molar-refractivity contribution in [2.24, 2.45) is 0 Å². The van der Waals surface area contributed by atoms with Crippen LogP contribution in [0.2, 0.25) is 0 Å². The highest BCUT2D eigenvalue weighted by Crippen LogP contribution is 2.28. The number of nitrogens with zero attached hydrogens (tertiary/aromatic N) is 3. The molecule has 0 fully saturated rings. The zero-order valence-electron chi connectivity index (χ0n) is 13.7. The summed E-state index contributed by atoms with van der Waals surface area (Å²) in [6.45, 7) is 0. The molecular formula is C18H14N4O3S. The summed E-state index contributed by atoms with van der Waals surface area (Å²) >= 11 is 1.25. The molecule has 7 nitrogen and oxygen atoms in total. The fourth-order valence-electron chi connectivity index (χ4n) is 2.31. The topological polar surface area (TPSA) is 98.0 Å². The molecule has 0 bridgehead atoms. The van der Waals surface area contributed by atoms with Crippen molar-refractivity contribution in [3.05, 3.63) is 76.6 Å². The van der Waals surface area contributed by atoms with E-state index >= 15 is 0 Å². The molecule has 0 saturated heterocycles. The van der Waals surface area contributed by atoms with Gasteiger partial charge in [0.25, 0.3) is 11.6 Å². The Hall–Kier alpha value is -3.26. The molecule has 0 atom stereocenters. The summed E-state index contributed by atoms with van der Waals surface area (Å²) in [6, 6.07) is 13.8. The Morgan fingerprint density at radius 1 is 1.12 bits per heavy atom. The number of aromatic nitrogens is 2. The van der Waals surface area contributed by atoms with Crippen molar-refractivity contribution in [1.82, 2.24) is 9.97 Å². The fourth-order valence-corrected chi connectivity index (χ4v) is 2.85. The summed E-state index contributed by atoms with van der Waals surface area (Å²) in [4.78, 5) is 31.9. The van der Waals surface area contributed by atoms with Crippen LogP contribution in [0.3, 0.4) is 0 Å². The average molecular weight is 366 g/mol. The Morgan fingerprint density at radius 3 is 2.42 bits per heavy atom. The summed E-state index contributed by atoms with van der Waals surface area (Å²) in [5.74, 6) is 0.0837. The second-order valence-corrected chi connectivity index (χ2v) is 6.11. The molecule has 0 radical (unpaired) electrons. The molecule has 0 saturated carbocycles. The smallest absolute Gasteiger partial charge is 0.283 e. The van der Waals surface area contributed by atoms with E-state index in [2.05, 4.69) is 15.3 Å². The number of hydrogen-bond acceptors (Lipinski definition) is 6. The fraction of sp³-hybridized carbons (Fsp3) is 0.0556. The van der Waals surface area contributed by atoms with Gasteiger partial charge in [0.1, 0.15) is 0 Å². The minimum absolute atomic E-state index is 0.0965. The van der Waals surface area contributed by atoms with Crippen molar-refractivity contribution < 1.29 is 9.72 Å². The first-order chi connectivity index (χ1) is 12.6. The average Bonchev–Trinajstić information content (AvgIpc) is 2.68. The second kappa shape index (κ2) is 7.75. The van der Waals surface area contributed by atoms with Crippen LogP contribution in [0.5, 0.6) is 0 Å². The van der Waals surface area contributed by atoms with E-state index in [-0.39, 0.29) is 11.3 Å². The van der Waals surface area contributed by atoms with E-state index in [9.17, 15) is 14.9 Å². The Bertz CT molecular complexity index is 946. The predicted molar refractivity (Wildman–Crippen MR) is 100 cm³/mol. The Morgan fingerprint density at radius 2 is 1.81 bits per heavy atom. The second-order valence-electron chi connectivity index (χ2n) is 5.26. The van der Waals surface area contributed by atoms with Gasteiger partial charge in [-0.1, -0.05) is 30.3 Å². The molecule has 2 aromatic carbocycles. The normalized spacial score (nSPS) is 10.3. The highest BCUT2D eigenvalue weighted by molar-refractivity contribution is 7.98. The maximum absolute atomic E-state index is 12.3. The molecule has 8 heteroatoms. The number of anilines is 1.